The molecule has 1 rings (SSSR count). The van der Waals surface area contributed by atoms with E-state index in [4.69, 9.17) is 0 Å². The van der Waals surface area contributed by atoms with E-state index in [1.807, 2.05) is 18.5 Å². The van der Waals surface area contributed by atoms with Gasteiger partial charge in [0.05, 0.1) is 0 Å². The summed E-state index contributed by atoms with van der Waals surface area (Å²) in [5.74, 6) is 0. The van der Waals surface area contributed by atoms with Crippen molar-refractivity contribution in [2.75, 3.05) is 0 Å². The lowest BCUT2D eigenvalue weighted by Gasteiger charge is -1.95. The summed E-state index contributed by atoms with van der Waals surface area (Å²) in [5, 5.41) is 0. The van der Waals surface area contributed by atoms with Crippen molar-refractivity contribution >= 4 is 0 Å². The molecule has 80 valence electrons. The molecule has 0 bridgehead atoms. The molecule has 0 aromatic carbocycles. The minimum absolute atomic E-state index is 1.17. The number of hydrogen-bond donors (Lipinski definition) is 0. The summed E-state index contributed by atoms with van der Waals surface area (Å²) in [6.07, 6.45) is 10.1. The quantitative estimate of drug-likeness (QED) is 0.697. The second kappa shape index (κ2) is 10.2. The van der Waals surface area contributed by atoms with Gasteiger partial charge in [-0.2, -0.15) is 0 Å². The molecule has 0 fully saturated rings. The van der Waals surface area contributed by atoms with E-state index in [0.717, 1.165) is 0 Å². The Kier molecular flexibility index (Phi) is 9.61. The van der Waals surface area contributed by atoms with E-state index in [9.17, 15) is 0 Å². The molecular formula is C13H23N. The van der Waals surface area contributed by atoms with Gasteiger partial charge in [0.25, 0.3) is 0 Å². The molecule has 0 spiro atoms. The summed E-state index contributed by atoms with van der Waals surface area (Å²) in [7, 11) is 0. The summed E-state index contributed by atoms with van der Waals surface area (Å²) in [6.45, 7) is 6.57. The van der Waals surface area contributed by atoms with Crippen LogP contribution in [0.5, 0.6) is 0 Å². The predicted molar refractivity (Wildman–Crippen MR) is 63.4 cm³/mol. The highest BCUT2D eigenvalue weighted by Gasteiger charge is 1.88. The van der Waals surface area contributed by atoms with Crippen molar-refractivity contribution in [3.63, 3.8) is 0 Å². The number of aryl methyl sites for hydroxylation is 1. The zero-order valence-corrected chi connectivity index (χ0v) is 9.79. The Bertz CT molecular complexity index is 192. The van der Waals surface area contributed by atoms with E-state index in [1.165, 1.54) is 37.7 Å². The number of aromatic nitrogens is 1. The lowest BCUT2D eigenvalue weighted by atomic mass is 10.1. The van der Waals surface area contributed by atoms with Gasteiger partial charge < -0.3 is 0 Å². The molecule has 0 saturated heterocycles. The zero-order valence-electron chi connectivity index (χ0n) is 9.79. The van der Waals surface area contributed by atoms with E-state index < -0.39 is 0 Å². The smallest absolute Gasteiger partial charge is 0.0299 e. The Balaban J connectivity index is 0.000000364. The summed E-state index contributed by atoms with van der Waals surface area (Å²) < 4.78 is 0. The molecule has 0 unspecified atom stereocenters. The largest absolute Gasteiger partial charge is 0.264 e. The van der Waals surface area contributed by atoms with Crippen LogP contribution in [0, 0.1) is 0 Å². The Labute approximate surface area is 88.6 Å². The molecule has 1 aromatic rings. The van der Waals surface area contributed by atoms with Gasteiger partial charge in [0.2, 0.25) is 0 Å². The molecule has 1 heterocycles. The Hall–Kier alpha value is -0.850. The third-order valence-electron chi connectivity index (χ3n) is 2.04. The first-order valence-electron chi connectivity index (χ1n) is 5.74. The van der Waals surface area contributed by atoms with Crippen LogP contribution in [0.15, 0.2) is 24.5 Å². The first kappa shape index (κ1) is 13.2. The van der Waals surface area contributed by atoms with Crippen LogP contribution in [0.1, 0.15) is 52.0 Å². The van der Waals surface area contributed by atoms with Crippen LogP contribution in [0.4, 0.5) is 0 Å². The highest BCUT2D eigenvalue weighted by atomic mass is 14.6. The molecule has 0 N–H and O–H groups in total. The fourth-order valence-corrected chi connectivity index (χ4v) is 0.927. The third-order valence-corrected chi connectivity index (χ3v) is 2.04. The predicted octanol–water partition coefficient (Wildman–Crippen LogP) is 4.23. The molecule has 0 radical (unpaired) electrons. The van der Waals surface area contributed by atoms with Crippen LogP contribution in [0.2, 0.25) is 0 Å². The van der Waals surface area contributed by atoms with Crippen molar-refractivity contribution in [1.29, 1.82) is 0 Å². The number of rotatable bonds is 4. The molecular weight excluding hydrogens is 170 g/mol. The van der Waals surface area contributed by atoms with Crippen LogP contribution < -0.4 is 0 Å². The van der Waals surface area contributed by atoms with E-state index in [-0.39, 0.29) is 0 Å². The molecule has 0 saturated carbocycles. The minimum Gasteiger partial charge on any atom is -0.264 e. The van der Waals surface area contributed by atoms with Gasteiger partial charge in [0.1, 0.15) is 0 Å². The molecule has 1 heteroatoms. The van der Waals surface area contributed by atoms with Gasteiger partial charge in [-0.1, -0.05) is 46.1 Å². The number of unbranched alkanes of at least 4 members (excludes halogenated alkanes) is 2. The SMILES string of the molecule is CCCC.CCCCc1cccnc1. The average molecular weight is 193 g/mol. The van der Waals surface area contributed by atoms with Gasteiger partial charge in [0, 0.05) is 12.4 Å². The Morgan fingerprint density at radius 3 is 2.21 bits per heavy atom. The second-order valence-electron chi connectivity index (χ2n) is 3.46. The van der Waals surface area contributed by atoms with Gasteiger partial charge in [-0.05, 0) is 24.5 Å². The highest BCUT2D eigenvalue weighted by Crippen LogP contribution is 2.01. The van der Waals surface area contributed by atoms with Crippen molar-refractivity contribution in [3.05, 3.63) is 30.1 Å². The van der Waals surface area contributed by atoms with Crippen molar-refractivity contribution in [3.8, 4) is 0 Å². The molecule has 1 aromatic heterocycles. The van der Waals surface area contributed by atoms with Gasteiger partial charge >= 0.3 is 0 Å². The maximum absolute atomic E-state index is 4.04. The standard InChI is InChI=1S/C9H13N.C4H10/c1-2-3-5-9-6-4-7-10-8-9;1-3-4-2/h4,6-8H,2-3,5H2,1H3;3-4H2,1-2H3. The topological polar surface area (TPSA) is 12.9 Å². The van der Waals surface area contributed by atoms with Crippen molar-refractivity contribution < 1.29 is 0 Å². The normalized spacial score (nSPS) is 9.07. The van der Waals surface area contributed by atoms with Crippen LogP contribution in [-0.4, -0.2) is 4.98 Å². The number of hydrogen-bond acceptors (Lipinski definition) is 1. The highest BCUT2D eigenvalue weighted by molar-refractivity contribution is 5.07. The lowest BCUT2D eigenvalue weighted by Crippen LogP contribution is -1.83. The Morgan fingerprint density at radius 1 is 1.07 bits per heavy atom. The van der Waals surface area contributed by atoms with Crippen LogP contribution in [0.25, 0.3) is 0 Å². The van der Waals surface area contributed by atoms with E-state index in [1.54, 1.807) is 0 Å². The minimum atomic E-state index is 1.17. The van der Waals surface area contributed by atoms with Gasteiger partial charge in [-0.25, -0.2) is 0 Å². The maximum atomic E-state index is 4.04. The fourth-order valence-electron chi connectivity index (χ4n) is 0.927. The second-order valence-corrected chi connectivity index (χ2v) is 3.46. The zero-order chi connectivity index (χ0) is 10.6. The molecule has 0 amide bonds. The summed E-state index contributed by atoms with van der Waals surface area (Å²) in [4.78, 5) is 4.04. The molecule has 0 aliphatic carbocycles. The first-order chi connectivity index (χ1) is 6.85. The van der Waals surface area contributed by atoms with Crippen molar-refractivity contribution in [2.45, 2.75) is 52.9 Å². The summed E-state index contributed by atoms with van der Waals surface area (Å²) in [5.41, 5.74) is 1.35. The van der Waals surface area contributed by atoms with Crippen molar-refractivity contribution in [2.24, 2.45) is 0 Å². The van der Waals surface area contributed by atoms with Crippen LogP contribution in [-0.2, 0) is 6.42 Å². The van der Waals surface area contributed by atoms with Gasteiger partial charge in [-0.3, -0.25) is 4.98 Å². The first-order valence-corrected chi connectivity index (χ1v) is 5.74. The lowest BCUT2D eigenvalue weighted by molar-refractivity contribution is 0.792. The number of pyridine rings is 1. The molecule has 0 aliphatic rings. The van der Waals surface area contributed by atoms with Gasteiger partial charge in [-0.15, -0.1) is 0 Å². The average Bonchev–Trinajstić information content (AvgIpc) is 2.28. The van der Waals surface area contributed by atoms with E-state index >= 15 is 0 Å². The van der Waals surface area contributed by atoms with Crippen LogP contribution in [0.3, 0.4) is 0 Å². The molecule has 14 heavy (non-hydrogen) atoms. The molecule has 0 aliphatic heterocycles. The van der Waals surface area contributed by atoms with E-state index in [2.05, 4.69) is 31.8 Å². The molecule has 0 atom stereocenters. The van der Waals surface area contributed by atoms with E-state index in [0.29, 0.717) is 0 Å². The summed E-state index contributed by atoms with van der Waals surface area (Å²) in [6, 6.07) is 4.12. The number of nitrogens with zero attached hydrogens (tertiary/aromatic N) is 1. The monoisotopic (exact) mass is 193 g/mol. The van der Waals surface area contributed by atoms with Crippen molar-refractivity contribution in [1.82, 2.24) is 4.98 Å². The van der Waals surface area contributed by atoms with Crippen LogP contribution >= 0.6 is 0 Å². The molecule has 1 nitrogen and oxygen atoms in total. The Morgan fingerprint density at radius 2 is 1.79 bits per heavy atom. The third kappa shape index (κ3) is 7.78. The fraction of sp³-hybridized carbons (Fsp3) is 0.615. The van der Waals surface area contributed by atoms with Gasteiger partial charge in [0.15, 0.2) is 0 Å². The maximum Gasteiger partial charge on any atom is 0.0299 e. The summed E-state index contributed by atoms with van der Waals surface area (Å²) >= 11 is 0.